The minimum atomic E-state index is -0.0661. The van der Waals surface area contributed by atoms with Gasteiger partial charge in [0.25, 0.3) is 5.91 Å². The molecule has 1 saturated heterocycles. The highest BCUT2D eigenvalue weighted by Gasteiger charge is 2.31. The lowest BCUT2D eigenvalue weighted by Gasteiger charge is -2.42. The van der Waals surface area contributed by atoms with E-state index in [2.05, 4.69) is 51.7 Å². The van der Waals surface area contributed by atoms with Gasteiger partial charge in [0, 0.05) is 48.3 Å². The van der Waals surface area contributed by atoms with Gasteiger partial charge in [-0.1, -0.05) is 6.07 Å². The van der Waals surface area contributed by atoms with Gasteiger partial charge in [0.15, 0.2) is 0 Å². The van der Waals surface area contributed by atoms with Gasteiger partial charge >= 0.3 is 0 Å². The van der Waals surface area contributed by atoms with E-state index in [1.54, 1.807) is 37.7 Å². The van der Waals surface area contributed by atoms with Crippen LogP contribution in [0, 0.1) is 0 Å². The summed E-state index contributed by atoms with van der Waals surface area (Å²) >= 11 is 1.75. The van der Waals surface area contributed by atoms with Gasteiger partial charge < -0.3 is 19.7 Å². The Bertz CT molecular complexity index is 1010. The van der Waals surface area contributed by atoms with Crippen LogP contribution in [0.15, 0.2) is 66.0 Å². The van der Waals surface area contributed by atoms with Crippen LogP contribution in [-0.2, 0) is 0 Å². The van der Waals surface area contributed by atoms with Crippen LogP contribution in [0.1, 0.15) is 28.2 Å². The molecular formula is C26H31N3O3S. The minimum Gasteiger partial charge on any atom is -0.497 e. The first-order valence-corrected chi connectivity index (χ1v) is 12.1. The van der Waals surface area contributed by atoms with Gasteiger partial charge in [-0.15, -0.1) is 11.3 Å². The molecule has 33 heavy (non-hydrogen) atoms. The van der Waals surface area contributed by atoms with Gasteiger partial charge in [0.1, 0.15) is 11.5 Å². The SMILES string of the molecule is COc1ccc(C(=O)N[C@@H](C)[C@@H](c2cccs2)N2CCN(c3ccc(OC)cc3)CC2)cc1. The molecule has 0 spiro atoms. The third-order valence-corrected chi connectivity index (χ3v) is 7.11. The number of methoxy groups -OCH3 is 2. The van der Waals surface area contributed by atoms with Crippen LogP contribution >= 0.6 is 11.3 Å². The first-order valence-electron chi connectivity index (χ1n) is 11.2. The van der Waals surface area contributed by atoms with Crippen molar-refractivity contribution >= 4 is 22.9 Å². The van der Waals surface area contributed by atoms with Crippen LogP contribution < -0.4 is 19.7 Å². The Morgan fingerprint density at radius 2 is 1.52 bits per heavy atom. The van der Waals surface area contributed by atoms with Crippen molar-refractivity contribution in [2.45, 2.75) is 19.0 Å². The summed E-state index contributed by atoms with van der Waals surface area (Å²) in [7, 11) is 3.31. The number of ether oxygens (including phenoxy) is 2. The van der Waals surface area contributed by atoms with E-state index in [1.165, 1.54) is 10.6 Å². The highest BCUT2D eigenvalue weighted by molar-refractivity contribution is 7.10. The van der Waals surface area contributed by atoms with Crippen molar-refractivity contribution in [1.29, 1.82) is 0 Å². The Morgan fingerprint density at radius 3 is 2.06 bits per heavy atom. The molecule has 6 nitrogen and oxygen atoms in total. The van der Waals surface area contributed by atoms with Crippen LogP contribution in [-0.4, -0.2) is 57.2 Å². The van der Waals surface area contributed by atoms with Crippen molar-refractivity contribution in [3.05, 3.63) is 76.5 Å². The van der Waals surface area contributed by atoms with Crippen LogP contribution in [0.5, 0.6) is 11.5 Å². The fraction of sp³-hybridized carbons (Fsp3) is 0.346. The van der Waals surface area contributed by atoms with Crippen molar-refractivity contribution < 1.29 is 14.3 Å². The fourth-order valence-corrected chi connectivity index (χ4v) is 5.33. The van der Waals surface area contributed by atoms with Crippen LogP contribution in [0.25, 0.3) is 0 Å². The van der Waals surface area contributed by atoms with Crippen molar-refractivity contribution in [2.24, 2.45) is 0 Å². The molecule has 174 valence electrons. The van der Waals surface area contributed by atoms with Crippen LogP contribution in [0.4, 0.5) is 5.69 Å². The molecule has 4 rings (SSSR count). The number of benzene rings is 2. The van der Waals surface area contributed by atoms with E-state index in [1.807, 2.05) is 24.3 Å². The maximum atomic E-state index is 12.9. The summed E-state index contributed by atoms with van der Waals surface area (Å²) < 4.78 is 10.5. The van der Waals surface area contributed by atoms with Crippen LogP contribution in [0.3, 0.4) is 0 Å². The zero-order chi connectivity index (χ0) is 23.2. The lowest BCUT2D eigenvalue weighted by molar-refractivity contribution is 0.0890. The Kier molecular flexibility index (Phi) is 7.52. The zero-order valence-corrected chi connectivity index (χ0v) is 20.2. The molecule has 1 aliphatic heterocycles. The smallest absolute Gasteiger partial charge is 0.251 e. The van der Waals surface area contributed by atoms with Gasteiger partial charge in [0.2, 0.25) is 0 Å². The van der Waals surface area contributed by atoms with Gasteiger partial charge in [-0.3, -0.25) is 9.69 Å². The largest absolute Gasteiger partial charge is 0.497 e. The van der Waals surface area contributed by atoms with E-state index in [0.717, 1.165) is 37.7 Å². The summed E-state index contributed by atoms with van der Waals surface area (Å²) in [6.45, 7) is 5.83. The van der Waals surface area contributed by atoms with Gasteiger partial charge in [-0.2, -0.15) is 0 Å². The molecule has 1 N–H and O–H groups in total. The second kappa shape index (κ2) is 10.7. The molecule has 1 amide bonds. The van der Waals surface area contributed by atoms with Gasteiger partial charge in [-0.25, -0.2) is 0 Å². The summed E-state index contributed by atoms with van der Waals surface area (Å²) in [4.78, 5) is 19.1. The molecular weight excluding hydrogens is 434 g/mol. The molecule has 2 atom stereocenters. The molecule has 1 fully saturated rings. The average molecular weight is 466 g/mol. The van der Waals surface area contributed by atoms with E-state index in [4.69, 9.17) is 9.47 Å². The van der Waals surface area contributed by atoms with E-state index in [0.29, 0.717) is 5.56 Å². The Labute approximate surface area is 199 Å². The third-order valence-electron chi connectivity index (χ3n) is 6.16. The number of hydrogen-bond acceptors (Lipinski definition) is 6. The molecule has 0 bridgehead atoms. The molecule has 3 aromatic rings. The third kappa shape index (κ3) is 5.49. The molecule has 2 heterocycles. The number of rotatable bonds is 8. The predicted molar refractivity (Wildman–Crippen MR) is 134 cm³/mol. The molecule has 1 aromatic heterocycles. The number of amides is 1. The van der Waals surface area contributed by atoms with Crippen molar-refractivity contribution in [1.82, 2.24) is 10.2 Å². The van der Waals surface area contributed by atoms with Gasteiger partial charge in [-0.05, 0) is 66.9 Å². The van der Waals surface area contributed by atoms with E-state index in [9.17, 15) is 4.79 Å². The number of nitrogens with zero attached hydrogens (tertiary/aromatic N) is 2. The monoisotopic (exact) mass is 465 g/mol. The predicted octanol–water partition coefficient (Wildman–Crippen LogP) is 4.45. The van der Waals surface area contributed by atoms with Crippen molar-refractivity contribution in [3.8, 4) is 11.5 Å². The minimum absolute atomic E-state index is 0.0363. The molecule has 7 heteroatoms. The number of thiophene rings is 1. The van der Waals surface area contributed by atoms with Crippen molar-refractivity contribution in [3.63, 3.8) is 0 Å². The number of carbonyl (C=O) groups is 1. The molecule has 0 aliphatic carbocycles. The highest BCUT2D eigenvalue weighted by Crippen LogP contribution is 2.30. The number of hydrogen-bond donors (Lipinski definition) is 1. The van der Waals surface area contributed by atoms with E-state index in [-0.39, 0.29) is 18.0 Å². The molecule has 0 radical (unpaired) electrons. The highest BCUT2D eigenvalue weighted by atomic mass is 32.1. The summed E-state index contributed by atoms with van der Waals surface area (Å²) in [6, 6.07) is 19.8. The zero-order valence-electron chi connectivity index (χ0n) is 19.4. The fourth-order valence-electron chi connectivity index (χ4n) is 4.36. The van der Waals surface area contributed by atoms with E-state index < -0.39 is 0 Å². The number of carbonyl (C=O) groups excluding carboxylic acids is 1. The van der Waals surface area contributed by atoms with Crippen LogP contribution in [0.2, 0.25) is 0 Å². The quantitative estimate of drug-likeness (QED) is 0.533. The van der Waals surface area contributed by atoms with Gasteiger partial charge in [0.05, 0.1) is 20.3 Å². The lowest BCUT2D eigenvalue weighted by Crippen LogP contribution is -2.52. The normalized spacial score (nSPS) is 16.2. The number of anilines is 1. The molecule has 0 unspecified atom stereocenters. The number of piperazine rings is 1. The Morgan fingerprint density at radius 1 is 0.909 bits per heavy atom. The van der Waals surface area contributed by atoms with Crippen molar-refractivity contribution in [2.75, 3.05) is 45.3 Å². The maximum Gasteiger partial charge on any atom is 0.251 e. The summed E-state index contributed by atoms with van der Waals surface area (Å²) in [6.07, 6.45) is 0. The first kappa shape index (κ1) is 23.1. The summed E-state index contributed by atoms with van der Waals surface area (Å²) in [5.41, 5.74) is 1.85. The standard InChI is InChI=1S/C26H31N3O3S/c1-19(27-26(30)20-6-10-22(31-2)11-7-20)25(24-5-4-18-33-24)29-16-14-28(15-17-29)21-8-12-23(32-3)13-9-21/h4-13,18-19,25H,14-17H2,1-3H3,(H,27,30)/t19-,25-/m0/s1. The Hall–Kier alpha value is -3.03. The topological polar surface area (TPSA) is 54.0 Å². The number of nitrogens with one attached hydrogen (secondary N) is 1. The lowest BCUT2D eigenvalue weighted by atomic mass is 10.0. The Balaban J connectivity index is 1.43. The summed E-state index contributed by atoms with van der Waals surface area (Å²) in [5.74, 6) is 1.55. The van der Waals surface area contributed by atoms with E-state index >= 15 is 0 Å². The molecule has 1 aliphatic rings. The summed E-state index contributed by atoms with van der Waals surface area (Å²) in [5, 5.41) is 5.34. The first-order chi connectivity index (χ1) is 16.1. The average Bonchev–Trinajstić information content (AvgIpc) is 3.39. The molecule has 0 saturated carbocycles. The molecule has 2 aromatic carbocycles. The second-order valence-corrected chi connectivity index (χ2v) is 9.15. The second-order valence-electron chi connectivity index (χ2n) is 8.17. The maximum absolute atomic E-state index is 12.9.